The lowest BCUT2D eigenvalue weighted by Gasteiger charge is -2.11. The van der Waals surface area contributed by atoms with Crippen molar-refractivity contribution in [2.45, 2.75) is 20.5 Å². The Balaban J connectivity index is 1.57. The van der Waals surface area contributed by atoms with Crippen molar-refractivity contribution < 1.29 is 14.3 Å². The number of carbonyl (C=O) groups excluding carboxylic acids is 1. The van der Waals surface area contributed by atoms with Crippen LogP contribution >= 0.6 is 15.9 Å². The van der Waals surface area contributed by atoms with E-state index >= 15 is 0 Å². The van der Waals surface area contributed by atoms with Crippen LogP contribution in [0.2, 0.25) is 0 Å². The number of aryl methyl sites for hydroxylation is 1. The number of halogens is 1. The average molecular weight is 435 g/mol. The Bertz CT molecular complexity index is 1080. The summed E-state index contributed by atoms with van der Waals surface area (Å²) in [6.45, 7) is 4.44. The van der Waals surface area contributed by atoms with Crippen molar-refractivity contribution in [3.05, 3.63) is 98.7 Å². The van der Waals surface area contributed by atoms with Gasteiger partial charge in [0.2, 0.25) is 5.78 Å². The molecule has 0 amide bonds. The highest BCUT2D eigenvalue weighted by atomic mass is 79.9. The van der Waals surface area contributed by atoms with Crippen LogP contribution in [0.5, 0.6) is 11.5 Å². The molecule has 3 nitrogen and oxygen atoms in total. The monoisotopic (exact) mass is 434 g/mol. The number of rotatable bonds is 4. The number of hydrogen-bond acceptors (Lipinski definition) is 3. The molecular formula is C24H19BrO3. The van der Waals surface area contributed by atoms with E-state index in [1.807, 2.05) is 37.3 Å². The molecule has 1 aliphatic heterocycles. The van der Waals surface area contributed by atoms with Gasteiger partial charge in [-0.2, -0.15) is 0 Å². The fourth-order valence-corrected chi connectivity index (χ4v) is 3.53. The van der Waals surface area contributed by atoms with Crippen LogP contribution in [0.1, 0.15) is 32.6 Å². The lowest BCUT2D eigenvalue weighted by Crippen LogP contribution is -1.98. The molecule has 4 rings (SSSR count). The van der Waals surface area contributed by atoms with Crippen molar-refractivity contribution in [2.24, 2.45) is 0 Å². The second kappa shape index (κ2) is 7.64. The molecule has 0 spiro atoms. The van der Waals surface area contributed by atoms with E-state index in [0.717, 1.165) is 26.9 Å². The van der Waals surface area contributed by atoms with Gasteiger partial charge < -0.3 is 9.47 Å². The Morgan fingerprint density at radius 1 is 1.04 bits per heavy atom. The zero-order chi connectivity index (χ0) is 19.7. The van der Waals surface area contributed by atoms with Gasteiger partial charge in [-0.25, -0.2) is 0 Å². The van der Waals surface area contributed by atoms with E-state index in [9.17, 15) is 4.79 Å². The normalized spacial score (nSPS) is 14.1. The summed E-state index contributed by atoms with van der Waals surface area (Å²) in [4.78, 5) is 12.7. The van der Waals surface area contributed by atoms with E-state index in [4.69, 9.17) is 9.47 Å². The number of allylic oxidation sites excluding steroid dienone is 1. The maximum atomic E-state index is 12.7. The van der Waals surface area contributed by atoms with E-state index in [1.165, 1.54) is 5.56 Å². The molecule has 0 fully saturated rings. The SMILES string of the molecule is Cc1ccc(COc2ccc3c(c2C)O/C(=C\c2cccc(Br)c2)C3=O)cc1. The van der Waals surface area contributed by atoms with Gasteiger partial charge in [-0.15, -0.1) is 0 Å². The Kier molecular flexibility index (Phi) is 5.05. The van der Waals surface area contributed by atoms with Gasteiger partial charge in [-0.05, 0) is 55.3 Å². The van der Waals surface area contributed by atoms with Crippen LogP contribution in [0.4, 0.5) is 0 Å². The second-order valence-electron chi connectivity index (χ2n) is 6.83. The molecule has 0 aliphatic carbocycles. The van der Waals surface area contributed by atoms with Crippen LogP contribution in [0.15, 0.2) is 70.9 Å². The first-order chi connectivity index (χ1) is 13.5. The van der Waals surface area contributed by atoms with E-state index in [0.29, 0.717) is 23.7 Å². The van der Waals surface area contributed by atoms with Crippen molar-refractivity contribution in [1.82, 2.24) is 0 Å². The number of benzene rings is 3. The van der Waals surface area contributed by atoms with Gasteiger partial charge in [0, 0.05) is 10.0 Å². The van der Waals surface area contributed by atoms with Crippen molar-refractivity contribution in [1.29, 1.82) is 0 Å². The van der Waals surface area contributed by atoms with Crippen molar-refractivity contribution in [3.8, 4) is 11.5 Å². The summed E-state index contributed by atoms with van der Waals surface area (Å²) < 4.78 is 12.8. The number of hydrogen-bond donors (Lipinski definition) is 0. The molecule has 1 heterocycles. The second-order valence-corrected chi connectivity index (χ2v) is 7.75. The van der Waals surface area contributed by atoms with Gasteiger partial charge in [0.05, 0.1) is 5.56 Å². The topological polar surface area (TPSA) is 35.5 Å². The third-order valence-electron chi connectivity index (χ3n) is 4.70. The van der Waals surface area contributed by atoms with E-state index < -0.39 is 0 Å². The van der Waals surface area contributed by atoms with Gasteiger partial charge in [0.1, 0.15) is 18.1 Å². The summed E-state index contributed by atoms with van der Waals surface area (Å²) in [7, 11) is 0. The fourth-order valence-electron chi connectivity index (χ4n) is 3.12. The average Bonchev–Trinajstić information content (AvgIpc) is 2.99. The lowest BCUT2D eigenvalue weighted by atomic mass is 10.1. The smallest absolute Gasteiger partial charge is 0.231 e. The zero-order valence-electron chi connectivity index (χ0n) is 15.7. The number of Topliss-reactive ketones (excluding diaryl/α,β-unsaturated/α-hetero) is 1. The third kappa shape index (κ3) is 3.73. The first-order valence-corrected chi connectivity index (χ1v) is 9.82. The Hall–Kier alpha value is -2.85. The minimum absolute atomic E-state index is 0.108. The highest BCUT2D eigenvalue weighted by Gasteiger charge is 2.30. The van der Waals surface area contributed by atoms with Crippen molar-refractivity contribution in [3.63, 3.8) is 0 Å². The Labute approximate surface area is 172 Å². The molecule has 0 bridgehead atoms. The summed E-state index contributed by atoms with van der Waals surface area (Å²) in [5.74, 6) is 1.51. The minimum atomic E-state index is -0.108. The van der Waals surface area contributed by atoms with Crippen molar-refractivity contribution in [2.75, 3.05) is 0 Å². The fraction of sp³-hybridized carbons (Fsp3) is 0.125. The van der Waals surface area contributed by atoms with Crippen LogP contribution in [-0.4, -0.2) is 5.78 Å². The number of ketones is 1. The summed E-state index contributed by atoms with van der Waals surface area (Å²) in [5.41, 5.74) is 4.61. The van der Waals surface area contributed by atoms with Gasteiger partial charge in [0.15, 0.2) is 5.76 Å². The quantitative estimate of drug-likeness (QED) is 0.454. The molecule has 3 aromatic carbocycles. The Morgan fingerprint density at radius 2 is 1.82 bits per heavy atom. The van der Waals surface area contributed by atoms with Gasteiger partial charge in [-0.3, -0.25) is 4.79 Å². The van der Waals surface area contributed by atoms with Crippen LogP contribution < -0.4 is 9.47 Å². The number of carbonyl (C=O) groups is 1. The standard InChI is InChI=1S/C24H19BrO3/c1-15-6-8-17(9-7-15)14-27-21-11-10-20-23(26)22(28-24(20)16(21)2)13-18-4-3-5-19(25)12-18/h3-13H,14H2,1-2H3/b22-13-. The van der Waals surface area contributed by atoms with Crippen LogP contribution in [0.3, 0.4) is 0 Å². The number of fused-ring (bicyclic) bond motifs is 1. The molecule has 3 aromatic rings. The summed E-state index contributed by atoms with van der Waals surface area (Å²) in [6, 6.07) is 19.6. The molecule has 0 unspecified atom stereocenters. The molecule has 1 aliphatic rings. The predicted molar refractivity (Wildman–Crippen MR) is 114 cm³/mol. The van der Waals surface area contributed by atoms with Crippen LogP contribution in [0.25, 0.3) is 6.08 Å². The Morgan fingerprint density at radius 3 is 2.57 bits per heavy atom. The molecular weight excluding hydrogens is 416 g/mol. The van der Waals surface area contributed by atoms with E-state index in [1.54, 1.807) is 12.1 Å². The largest absolute Gasteiger partial charge is 0.488 e. The molecule has 0 aromatic heterocycles. The van der Waals surface area contributed by atoms with Gasteiger partial charge in [-0.1, -0.05) is 57.9 Å². The minimum Gasteiger partial charge on any atom is -0.488 e. The third-order valence-corrected chi connectivity index (χ3v) is 5.19. The molecule has 28 heavy (non-hydrogen) atoms. The van der Waals surface area contributed by atoms with Gasteiger partial charge in [0.25, 0.3) is 0 Å². The van der Waals surface area contributed by atoms with E-state index in [-0.39, 0.29) is 5.78 Å². The molecule has 0 saturated heterocycles. The highest BCUT2D eigenvalue weighted by molar-refractivity contribution is 9.10. The first kappa shape index (κ1) is 18.5. The molecule has 4 heteroatoms. The first-order valence-electron chi connectivity index (χ1n) is 9.03. The zero-order valence-corrected chi connectivity index (χ0v) is 17.2. The summed E-state index contributed by atoms with van der Waals surface area (Å²) in [5, 5.41) is 0. The number of ether oxygens (including phenoxy) is 2. The summed E-state index contributed by atoms with van der Waals surface area (Å²) >= 11 is 3.44. The molecule has 0 N–H and O–H groups in total. The maximum Gasteiger partial charge on any atom is 0.231 e. The van der Waals surface area contributed by atoms with Crippen LogP contribution in [-0.2, 0) is 6.61 Å². The maximum absolute atomic E-state index is 12.7. The highest BCUT2D eigenvalue weighted by Crippen LogP contribution is 2.39. The van der Waals surface area contributed by atoms with E-state index in [2.05, 4.69) is 47.1 Å². The molecule has 0 saturated carbocycles. The molecule has 0 atom stereocenters. The van der Waals surface area contributed by atoms with Gasteiger partial charge >= 0.3 is 0 Å². The van der Waals surface area contributed by atoms with Crippen LogP contribution in [0, 0.1) is 13.8 Å². The van der Waals surface area contributed by atoms with Crippen molar-refractivity contribution >= 4 is 27.8 Å². The lowest BCUT2D eigenvalue weighted by molar-refractivity contribution is 0.101. The predicted octanol–water partition coefficient (Wildman–Crippen LogP) is 6.26. The molecule has 140 valence electrons. The summed E-state index contributed by atoms with van der Waals surface area (Å²) in [6.07, 6.45) is 1.76. The molecule has 0 radical (unpaired) electrons.